The molecule has 0 amide bonds. The highest BCUT2D eigenvalue weighted by Gasteiger charge is 2.47. The van der Waals surface area contributed by atoms with Crippen molar-refractivity contribution in [3.8, 4) is 50.2 Å². The summed E-state index contributed by atoms with van der Waals surface area (Å²) in [5.41, 5.74) is 22.4. The average Bonchev–Trinajstić information content (AvgIpc) is 4.20. The second-order valence-electron chi connectivity index (χ2n) is 19.9. The van der Waals surface area contributed by atoms with Crippen molar-refractivity contribution in [3.05, 3.63) is 313 Å². The van der Waals surface area contributed by atoms with Crippen molar-refractivity contribution in [2.75, 3.05) is 4.90 Å². The molecule has 2 heterocycles. The lowest BCUT2D eigenvalue weighted by Crippen LogP contribution is -2.28. The predicted octanol–water partition coefficient (Wildman–Crippen LogP) is 19.5. The molecule has 76 heavy (non-hydrogen) atoms. The van der Waals surface area contributed by atoms with Crippen molar-refractivity contribution in [1.29, 1.82) is 0 Å². The summed E-state index contributed by atoms with van der Waals surface area (Å²) in [5.74, 6) is 0. The molecule has 0 aliphatic heterocycles. The molecule has 0 saturated carbocycles. The summed E-state index contributed by atoms with van der Waals surface area (Å²) < 4.78 is 8.87. The summed E-state index contributed by atoms with van der Waals surface area (Å²) in [7, 11) is 0. The molecule has 0 unspecified atom stereocenters. The van der Waals surface area contributed by atoms with E-state index in [1.165, 1.54) is 55.2 Å². The maximum absolute atomic E-state index is 6.50. The molecule has 0 spiro atoms. The van der Waals surface area contributed by atoms with Crippen molar-refractivity contribution in [2.24, 2.45) is 0 Å². The smallest absolute Gasteiger partial charge is 0.143 e. The van der Waals surface area contributed by atoms with Crippen LogP contribution in [0.2, 0.25) is 0 Å². The molecule has 1 aliphatic rings. The fourth-order valence-corrected chi connectivity index (χ4v) is 12.5. The molecule has 3 nitrogen and oxygen atoms in total. The van der Waals surface area contributed by atoms with E-state index in [2.05, 4.69) is 289 Å². The van der Waals surface area contributed by atoms with Gasteiger partial charge in [0.05, 0.1) is 22.1 Å². The lowest BCUT2D eigenvalue weighted by atomic mass is 9.68. The van der Waals surface area contributed by atoms with Crippen LogP contribution in [0.15, 0.2) is 296 Å². The number of fused-ring (bicyclic) bond motifs is 9. The molecule has 1 aliphatic carbocycles. The van der Waals surface area contributed by atoms with E-state index in [0.29, 0.717) is 0 Å². The van der Waals surface area contributed by atoms with E-state index in [-0.39, 0.29) is 0 Å². The van der Waals surface area contributed by atoms with Gasteiger partial charge in [-0.15, -0.1) is 0 Å². The summed E-state index contributed by atoms with van der Waals surface area (Å²) in [5, 5.41) is 4.79. The van der Waals surface area contributed by atoms with Gasteiger partial charge < -0.3 is 13.9 Å². The van der Waals surface area contributed by atoms with Gasteiger partial charge in [0.15, 0.2) is 0 Å². The first-order chi connectivity index (χ1) is 37.7. The molecular formula is C73H48N2O. The minimum atomic E-state index is -0.535. The molecule has 14 aromatic rings. The van der Waals surface area contributed by atoms with Gasteiger partial charge >= 0.3 is 0 Å². The molecule has 0 bridgehead atoms. The molecule has 0 N–H and O–H groups in total. The zero-order valence-electron chi connectivity index (χ0n) is 41.5. The van der Waals surface area contributed by atoms with Gasteiger partial charge in [-0.2, -0.15) is 0 Å². The zero-order chi connectivity index (χ0) is 50.2. The van der Waals surface area contributed by atoms with Crippen LogP contribution >= 0.6 is 0 Å². The number of hydrogen-bond acceptors (Lipinski definition) is 2. The van der Waals surface area contributed by atoms with Gasteiger partial charge in [-0.05, 0) is 122 Å². The van der Waals surface area contributed by atoms with Crippen LogP contribution in [-0.2, 0) is 5.41 Å². The van der Waals surface area contributed by atoms with Crippen LogP contribution in [0.4, 0.5) is 17.1 Å². The van der Waals surface area contributed by atoms with E-state index in [1.807, 2.05) is 12.1 Å². The number of furan rings is 1. The van der Waals surface area contributed by atoms with E-state index in [1.54, 1.807) is 0 Å². The molecule has 356 valence electrons. The monoisotopic (exact) mass is 968 g/mol. The van der Waals surface area contributed by atoms with Gasteiger partial charge in [0.25, 0.3) is 0 Å². The van der Waals surface area contributed by atoms with Crippen LogP contribution in [0.3, 0.4) is 0 Å². The minimum Gasteiger partial charge on any atom is -0.455 e. The summed E-state index contributed by atoms with van der Waals surface area (Å²) in [6.45, 7) is 0. The van der Waals surface area contributed by atoms with Crippen LogP contribution in [-0.4, -0.2) is 4.57 Å². The van der Waals surface area contributed by atoms with E-state index < -0.39 is 5.41 Å². The Kier molecular flexibility index (Phi) is 10.1. The van der Waals surface area contributed by atoms with Crippen LogP contribution < -0.4 is 4.90 Å². The van der Waals surface area contributed by atoms with E-state index in [4.69, 9.17) is 4.42 Å². The first kappa shape index (κ1) is 43.6. The Morgan fingerprint density at radius 2 is 0.816 bits per heavy atom. The normalized spacial score (nSPS) is 12.6. The third-order valence-corrected chi connectivity index (χ3v) is 15.9. The molecule has 2 aromatic heterocycles. The maximum Gasteiger partial charge on any atom is 0.143 e. The fourth-order valence-electron chi connectivity index (χ4n) is 12.5. The van der Waals surface area contributed by atoms with Crippen LogP contribution in [0.25, 0.3) is 93.9 Å². The Labute approximate surface area is 441 Å². The average molecular weight is 969 g/mol. The van der Waals surface area contributed by atoms with Crippen LogP contribution in [0.5, 0.6) is 0 Å². The van der Waals surface area contributed by atoms with E-state index in [9.17, 15) is 0 Å². The first-order valence-corrected chi connectivity index (χ1v) is 26.2. The number of para-hydroxylation sites is 4. The van der Waals surface area contributed by atoms with Gasteiger partial charge in [0.1, 0.15) is 11.2 Å². The Balaban J connectivity index is 0.859. The highest BCUT2D eigenvalue weighted by atomic mass is 16.3. The standard InChI is InChI=1S/C73H48N2O/c1-3-20-54(21-4-1)73(55-22-5-2-6-23-55)65-30-11-7-27-64(65)71-66(73)31-17-34-69(71)74(56-42-36-49(37-43-56)50-38-46-58(47-39-50)75-67-32-12-8-24-60(67)61-25-9-13-33-68(61)75)57-44-40-51(41-45-57)52-18-15-19-53(48-52)59-28-16-29-63-62-26-10-14-35-70(62)76-72(59)63/h1-48H. The molecule has 0 atom stereocenters. The molecule has 15 rings (SSSR count). The SMILES string of the molecule is c1ccc(C2(c3ccccc3)c3ccccc3-c3c(N(c4ccc(-c5ccc(-n6c7ccccc7c7ccccc76)cc5)cc4)c4ccc(-c5cccc(-c6cccc7c6oc6ccccc67)c5)cc4)cccc32)cc1. The number of rotatable bonds is 9. The Bertz CT molecular complexity index is 4400. The second-order valence-corrected chi connectivity index (χ2v) is 19.9. The Morgan fingerprint density at radius 3 is 1.49 bits per heavy atom. The molecule has 0 radical (unpaired) electrons. The van der Waals surface area contributed by atoms with Crippen molar-refractivity contribution in [2.45, 2.75) is 5.41 Å². The van der Waals surface area contributed by atoms with E-state index in [0.717, 1.165) is 78.1 Å². The maximum atomic E-state index is 6.50. The number of benzene rings is 12. The van der Waals surface area contributed by atoms with Crippen LogP contribution in [0, 0.1) is 0 Å². The lowest BCUT2D eigenvalue weighted by molar-refractivity contribution is 0.670. The topological polar surface area (TPSA) is 21.3 Å². The van der Waals surface area contributed by atoms with Crippen molar-refractivity contribution < 1.29 is 4.42 Å². The molecule has 3 heteroatoms. The summed E-state index contributed by atoms with van der Waals surface area (Å²) in [4.78, 5) is 2.46. The second kappa shape index (κ2) is 17.6. The van der Waals surface area contributed by atoms with E-state index >= 15 is 0 Å². The molecule has 0 saturated heterocycles. The molecular weight excluding hydrogens is 921 g/mol. The lowest BCUT2D eigenvalue weighted by Gasteiger charge is -2.34. The van der Waals surface area contributed by atoms with Gasteiger partial charge in [-0.25, -0.2) is 0 Å². The zero-order valence-corrected chi connectivity index (χ0v) is 41.5. The summed E-state index contributed by atoms with van der Waals surface area (Å²) in [6.07, 6.45) is 0. The third-order valence-electron chi connectivity index (χ3n) is 15.9. The number of nitrogens with zero attached hydrogens (tertiary/aromatic N) is 2. The minimum absolute atomic E-state index is 0.535. The van der Waals surface area contributed by atoms with Gasteiger partial charge in [-0.1, -0.05) is 224 Å². The van der Waals surface area contributed by atoms with Crippen molar-refractivity contribution in [1.82, 2.24) is 4.57 Å². The highest BCUT2D eigenvalue weighted by Crippen LogP contribution is 2.59. The number of hydrogen-bond donors (Lipinski definition) is 0. The third kappa shape index (κ3) is 6.76. The van der Waals surface area contributed by atoms with Gasteiger partial charge in [-0.3, -0.25) is 0 Å². The van der Waals surface area contributed by atoms with Crippen molar-refractivity contribution in [3.63, 3.8) is 0 Å². The summed E-state index contributed by atoms with van der Waals surface area (Å²) >= 11 is 0. The quantitative estimate of drug-likeness (QED) is 0.144. The fraction of sp³-hybridized carbons (Fsp3) is 0.0137. The Hall–Kier alpha value is -9.96. The number of anilines is 3. The largest absolute Gasteiger partial charge is 0.455 e. The molecule has 0 fully saturated rings. The Morgan fingerprint density at radius 1 is 0.329 bits per heavy atom. The van der Waals surface area contributed by atoms with Gasteiger partial charge in [0, 0.05) is 49.7 Å². The molecule has 12 aromatic carbocycles. The predicted molar refractivity (Wildman–Crippen MR) is 316 cm³/mol. The number of aromatic nitrogens is 1. The van der Waals surface area contributed by atoms with Gasteiger partial charge in [0.2, 0.25) is 0 Å². The van der Waals surface area contributed by atoms with Crippen molar-refractivity contribution >= 4 is 60.8 Å². The highest BCUT2D eigenvalue weighted by molar-refractivity contribution is 6.10. The van der Waals surface area contributed by atoms with Crippen LogP contribution in [0.1, 0.15) is 22.3 Å². The first-order valence-electron chi connectivity index (χ1n) is 26.2. The summed E-state index contributed by atoms with van der Waals surface area (Å²) in [6, 6.07) is 106.